The summed E-state index contributed by atoms with van der Waals surface area (Å²) in [5.74, 6) is -3.25. The van der Waals surface area contributed by atoms with E-state index in [4.69, 9.17) is 20.2 Å². The number of nitrogens with two attached hydrogens (primary N) is 1. The number of nitrogens with zero attached hydrogens (tertiary/aromatic N) is 4. The second-order valence-corrected chi connectivity index (χ2v) is 12.1. The molecule has 1 saturated carbocycles. The quantitative estimate of drug-likeness (QED) is 0.251. The molecule has 0 unspecified atom stereocenters. The highest BCUT2D eigenvalue weighted by Crippen LogP contribution is 2.45. The molecule has 0 spiro atoms. The van der Waals surface area contributed by atoms with Crippen molar-refractivity contribution in [1.29, 1.82) is 0 Å². The molecule has 6 rings (SSSR count). The lowest BCUT2D eigenvalue weighted by atomic mass is 9.91. The Morgan fingerprint density at radius 1 is 1.13 bits per heavy atom. The maximum Gasteiger partial charge on any atom is 0.340 e. The van der Waals surface area contributed by atoms with Crippen LogP contribution in [0.25, 0.3) is 22.2 Å². The van der Waals surface area contributed by atoms with Crippen molar-refractivity contribution in [1.82, 2.24) is 14.8 Å². The van der Waals surface area contributed by atoms with E-state index >= 15 is 0 Å². The number of amides is 2. The second kappa shape index (κ2) is 11.6. The number of methoxy groups -OCH3 is 1. The van der Waals surface area contributed by atoms with Crippen LogP contribution in [0.1, 0.15) is 71.6 Å². The molecule has 1 aliphatic heterocycles. The Bertz CT molecular complexity index is 1870. The number of hydrogen-bond donors (Lipinski definition) is 1. The van der Waals surface area contributed by atoms with E-state index in [9.17, 15) is 23.2 Å². The van der Waals surface area contributed by atoms with Gasteiger partial charge in [-0.15, -0.1) is 0 Å². The third-order valence-electron chi connectivity index (χ3n) is 8.37. The zero-order chi connectivity index (χ0) is 32.2. The summed E-state index contributed by atoms with van der Waals surface area (Å²) in [6.45, 7) is 5.59. The highest BCUT2D eigenvalue weighted by molar-refractivity contribution is 6.12. The SMILES string of the molecule is COC(=O)c1cc(-c2c(C(N)=O)c(CC(C)C)nc3c2cnn3[C@H](C)C2CC2)cc2c1N(Cc1ccc(F)c(F)c1)C(=O)CO2. The van der Waals surface area contributed by atoms with Gasteiger partial charge in [-0.1, -0.05) is 19.9 Å². The molecule has 2 aromatic carbocycles. The first-order valence-corrected chi connectivity index (χ1v) is 14.8. The summed E-state index contributed by atoms with van der Waals surface area (Å²) >= 11 is 0. The maximum absolute atomic E-state index is 14.0. The first-order valence-electron chi connectivity index (χ1n) is 14.8. The summed E-state index contributed by atoms with van der Waals surface area (Å²) < 4.78 is 40.5. The van der Waals surface area contributed by atoms with Gasteiger partial charge in [0.1, 0.15) is 11.4 Å². The number of ether oxygens (including phenoxy) is 2. The zero-order valence-electron chi connectivity index (χ0n) is 25.4. The van der Waals surface area contributed by atoms with Crippen LogP contribution in [0, 0.1) is 23.5 Å². The molecular formula is C33H33F2N5O5. The molecular weight excluding hydrogens is 584 g/mol. The maximum atomic E-state index is 14.0. The molecule has 2 aromatic heterocycles. The lowest BCUT2D eigenvalue weighted by molar-refractivity contribution is -0.121. The molecule has 2 aliphatic rings. The predicted octanol–water partition coefficient (Wildman–Crippen LogP) is 5.36. The van der Waals surface area contributed by atoms with E-state index in [1.165, 1.54) is 24.1 Å². The van der Waals surface area contributed by atoms with E-state index in [0.29, 0.717) is 45.8 Å². The van der Waals surface area contributed by atoms with Crippen LogP contribution in [0.2, 0.25) is 0 Å². The van der Waals surface area contributed by atoms with E-state index < -0.39 is 29.4 Å². The summed E-state index contributed by atoms with van der Waals surface area (Å²) in [6.07, 6.45) is 4.31. The number of hydrogen-bond acceptors (Lipinski definition) is 7. The average Bonchev–Trinajstić information content (AvgIpc) is 3.77. The number of carbonyl (C=O) groups is 3. The molecule has 2 amide bonds. The summed E-state index contributed by atoms with van der Waals surface area (Å²) in [4.78, 5) is 45.8. The van der Waals surface area contributed by atoms with Crippen molar-refractivity contribution in [2.75, 3.05) is 18.6 Å². The van der Waals surface area contributed by atoms with Gasteiger partial charge in [-0.3, -0.25) is 9.59 Å². The molecule has 12 heteroatoms. The fourth-order valence-electron chi connectivity index (χ4n) is 6.02. The van der Waals surface area contributed by atoms with Gasteiger partial charge in [0, 0.05) is 10.9 Å². The number of primary amides is 1. The molecule has 4 aromatic rings. The molecule has 1 aliphatic carbocycles. The molecule has 45 heavy (non-hydrogen) atoms. The van der Waals surface area contributed by atoms with Gasteiger partial charge in [-0.05, 0) is 73.4 Å². The van der Waals surface area contributed by atoms with Crippen LogP contribution in [-0.4, -0.2) is 46.3 Å². The van der Waals surface area contributed by atoms with Crippen LogP contribution in [0.5, 0.6) is 5.75 Å². The van der Waals surface area contributed by atoms with Crippen LogP contribution in [0.15, 0.2) is 36.5 Å². The highest BCUT2D eigenvalue weighted by atomic mass is 19.2. The van der Waals surface area contributed by atoms with Crippen molar-refractivity contribution in [3.8, 4) is 16.9 Å². The van der Waals surface area contributed by atoms with E-state index in [-0.39, 0.29) is 47.7 Å². The molecule has 0 saturated heterocycles. The van der Waals surface area contributed by atoms with Gasteiger partial charge in [-0.2, -0.15) is 5.10 Å². The third kappa shape index (κ3) is 5.49. The molecule has 0 bridgehead atoms. The smallest absolute Gasteiger partial charge is 0.340 e. The van der Waals surface area contributed by atoms with Gasteiger partial charge >= 0.3 is 5.97 Å². The summed E-state index contributed by atoms with van der Waals surface area (Å²) in [6, 6.07) is 6.56. The number of esters is 1. The highest BCUT2D eigenvalue weighted by Gasteiger charge is 2.35. The Balaban J connectivity index is 1.59. The fraction of sp³-hybridized carbons (Fsp3) is 0.364. The minimum Gasteiger partial charge on any atom is -0.482 e. The van der Waals surface area contributed by atoms with Gasteiger partial charge in [-0.25, -0.2) is 23.2 Å². The molecule has 2 N–H and O–H groups in total. The number of fused-ring (bicyclic) bond motifs is 2. The number of anilines is 1. The Morgan fingerprint density at radius 3 is 2.53 bits per heavy atom. The van der Waals surface area contributed by atoms with Crippen LogP contribution in [-0.2, 0) is 22.5 Å². The van der Waals surface area contributed by atoms with Crippen molar-refractivity contribution in [3.63, 3.8) is 0 Å². The Kier molecular flexibility index (Phi) is 7.75. The third-order valence-corrected chi connectivity index (χ3v) is 8.37. The van der Waals surface area contributed by atoms with Gasteiger partial charge in [0.15, 0.2) is 23.9 Å². The number of carbonyl (C=O) groups excluding carboxylic acids is 3. The van der Waals surface area contributed by atoms with Crippen molar-refractivity contribution in [3.05, 3.63) is 70.5 Å². The number of rotatable bonds is 9. The minimum atomic E-state index is -1.06. The number of pyridine rings is 1. The lowest BCUT2D eigenvalue weighted by Gasteiger charge is -2.31. The molecule has 1 atom stereocenters. The van der Waals surface area contributed by atoms with Gasteiger partial charge < -0.3 is 20.1 Å². The van der Waals surface area contributed by atoms with Crippen molar-refractivity contribution < 1.29 is 32.6 Å². The standard InChI is InChI=1S/C33H33F2N5O5/c1-16(2)9-25-29(31(36)42)28(22-13-37-40(32(22)38-25)17(3)19-6-7-19)20-11-21(33(43)44-4)30-26(12-20)45-15-27(41)39(30)14-18-5-8-23(34)24(35)10-18/h5,8,10-13,16-17,19H,6-7,9,14-15H2,1-4H3,(H2,36,42)/t17-/m1/s1. The molecule has 234 valence electrons. The summed E-state index contributed by atoms with van der Waals surface area (Å²) in [5.41, 5.74) is 8.58. The van der Waals surface area contributed by atoms with Crippen LogP contribution < -0.4 is 15.4 Å². The van der Waals surface area contributed by atoms with Gasteiger partial charge in [0.2, 0.25) is 0 Å². The van der Waals surface area contributed by atoms with Crippen LogP contribution in [0.3, 0.4) is 0 Å². The predicted molar refractivity (Wildman–Crippen MR) is 162 cm³/mol. The van der Waals surface area contributed by atoms with Crippen LogP contribution >= 0.6 is 0 Å². The molecule has 10 nitrogen and oxygen atoms in total. The topological polar surface area (TPSA) is 130 Å². The summed E-state index contributed by atoms with van der Waals surface area (Å²) in [5, 5.41) is 5.25. The zero-order valence-corrected chi connectivity index (χ0v) is 25.4. The Hall–Kier alpha value is -4.87. The van der Waals surface area contributed by atoms with E-state index in [1.807, 2.05) is 18.5 Å². The van der Waals surface area contributed by atoms with Gasteiger partial charge in [0.25, 0.3) is 11.8 Å². The molecule has 3 heterocycles. The lowest BCUT2D eigenvalue weighted by Crippen LogP contribution is -2.39. The minimum absolute atomic E-state index is 0.0230. The van der Waals surface area contributed by atoms with E-state index in [0.717, 1.165) is 25.0 Å². The van der Waals surface area contributed by atoms with E-state index in [1.54, 1.807) is 12.3 Å². The van der Waals surface area contributed by atoms with Crippen LogP contribution in [0.4, 0.5) is 14.5 Å². The molecule has 1 fully saturated rings. The Morgan fingerprint density at radius 2 is 1.89 bits per heavy atom. The first-order chi connectivity index (χ1) is 21.5. The monoisotopic (exact) mass is 617 g/mol. The van der Waals surface area contributed by atoms with E-state index in [2.05, 4.69) is 12.0 Å². The molecule has 0 radical (unpaired) electrons. The average molecular weight is 618 g/mol. The van der Waals surface area contributed by atoms with Gasteiger partial charge in [0.05, 0.1) is 42.7 Å². The normalized spacial score (nSPS) is 15.3. The van der Waals surface area contributed by atoms with Crippen molar-refractivity contribution in [2.24, 2.45) is 17.6 Å². The number of benzene rings is 2. The summed E-state index contributed by atoms with van der Waals surface area (Å²) in [7, 11) is 1.20. The fourth-order valence-corrected chi connectivity index (χ4v) is 6.02. The second-order valence-electron chi connectivity index (χ2n) is 12.1. The van der Waals surface area contributed by atoms with Crippen molar-refractivity contribution >= 4 is 34.5 Å². The first kappa shape index (κ1) is 30.2. The number of aromatic nitrogens is 3. The Labute approximate surface area is 258 Å². The number of halogens is 2. The van der Waals surface area contributed by atoms with Crippen molar-refractivity contribution in [2.45, 2.75) is 52.6 Å². The largest absolute Gasteiger partial charge is 0.482 e.